The lowest BCUT2D eigenvalue weighted by Crippen LogP contribution is -2.55. The van der Waals surface area contributed by atoms with Crippen molar-refractivity contribution in [2.24, 2.45) is 0 Å². The van der Waals surface area contributed by atoms with Crippen LogP contribution in [0.5, 0.6) is 0 Å². The molecule has 0 aliphatic rings. The van der Waals surface area contributed by atoms with Crippen molar-refractivity contribution in [3.8, 4) is 0 Å². The van der Waals surface area contributed by atoms with Crippen molar-refractivity contribution in [3.05, 3.63) is 109 Å². The molecule has 0 fully saturated rings. The number of hydrogen-bond acceptors (Lipinski definition) is 7. The highest BCUT2D eigenvalue weighted by Crippen LogP contribution is 2.15. The van der Waals surface area contributed by atoms with Crippen molar-refractivity contribution < 1.29 is 38.2 Å². The van der Waals surface area contributed by atoms with Gasteiger partial charge < -0.3 is 28.6 Å². The molecular weight excluding hydrogens is 835 g/mol. The number of carboxylic acid groups (broad SMARTS) is 1. The van der Waals surface area contributed by atoms with Crippen LogP contribution in [0.3, 0.4) is 0 Å². The Morgan fingerprint density at radius 1 is 0.448 bits per heavy atom. The van der Waals surface area contributed by atoms with Crippen molar-refractivity contribution in [2.75, 3.05) is 41.0 Å². The molecule has 0 aromatic carbocycles. The van der Waals surface area contributed by atoms with E-state index in [4.69, 9.17) is 14.2 Å². The number of carbonyl (C=O) groups excluding carboxylic acids is 3. The average Bonchev–Trinajstić information content (AvgIpc) is 3.29. The minimum absolute atomic E-state index is 0.0112. The smallest absolute Gasteiger partial charge is 0.306 e. The van der Waals surface area contributed by atoms with Crippen LogP contribution in [0.4, 0.5) is 0 Å². The minimum Gasteiger partial charge on any atom is -0.544 e. The number of carbonyl (C=O) groups is 3. The highest BCUT2D eigenvalue weighted by molar-refractivity contribution is 5.70. The van der Waals surface area contributed by atoms with Gasteiger partial charge in [0, 0.05) is 19.3 Å². The molecule has 0 heterocycles. The first kappa shape index (κ1) is 63.0. The second-order valence-corrected chi connectivity index (χ2v) is 18.3. The fourth-order valence-electron chi connectivity index (χ4n) is 7.16. The molecule has 0 aliphatic carbocycles. The van der Waals surface area contributed by atoms with Crippen LogP contribution in [0.15, 0.2) is 109 Å². The summed E-state index contributed by atoms with van der Waals surface area (Å²) in [5.41, 5.74) is 0. The third kappa shape index (κ3) is 46.9. The third-order valence-electron chi connectivity index (χ3n) is 11.2. The van der Waals surface area contributed by atoms with Gasteiger partial charge in [-0.1, -0.05) is 194 Å². The predicted octanol–water partition coefficient (Wildman–Crippen LogP) is 14.3. The van der Waals surface area contributed by atoms with Crippen LogP contribution < -0.4 is 5.11 Å². The number of aliphatic carboxylic acids is 1. The van der Waals surface area contributed by atoms with Crippen molar-refractivity contribution in [1.82, 2.24) is 0 Å². The molecule has 8 nitrogen and oxygen atoms in total. The molecular formula is C59H97NO7. The molecule has 8 heteroatoms. The lowest BCUT2D eigenvalue weighted by Gasteiger charge is -2.34. The van der Waals surface area contributed by atoms with E-state index in [1.807, 2.05) is 0 Å². The maximum Gasteiger partial charge on any atom is 0.306 e. The Kier molecular flexibility index (Phi) is 45.5. The topological polar surface area (TPSA) is 102 Å². The molecule has 0 spiro atoms. The van der Waals surface area contributed by atoms with Gasteiger partial charge in [-0.2, -0.15) is 0 Å². The normalized spacial score (nSPS) is 13.7. The van der Waals surface area contributed by atoms with Crippen LogP contribution in [0.1, 0.15) is 194 Å². The first-order valence-electron chi connectivity index (χ1n) is 26.4. The van der Waals surface area contributed by atoms with Crippen LogP contribution in [0, 0.1) is 0 Å². The number of quaternary nitrogens is 1. The first-order chi connectivity index (χ1) is 32.6. The van der Waals surface area contributed by atoms with Gasteiger partial charge in [0.05, 0.1) is 40.3 Å². The highest BCUT2D eigenvalue weighted by atomic mass is 16.6. The molecule has 0 saturated heterocycles. The lowest BCUT2D eigenvalue weighted by molar-refractivity contribution is -0.889. The number of esters is 2. The first-order valence-corrected chi connectivity index (χ1v) is 26.4. The number of hydrogen-bond donors (Lipinski definition) is 0. The number of rotatable bonds is 46. The molecule has 0 N–H and O–H groups in total. The average molecular weight is 932 g/mol. The summed E-state index contributed by atoms with van der Waals surface area (Å²) < 4.78 is 17.2. The van der Waals surface area contributed by atoms with Gasteiger partial charge in [0.25, 0.3) is 0 Å². The molecule has 0 amide bonds. The molecule has 0 rings (SSSR count). The summed E-state index contributed by atoms with van der Waals surface area (Å²) in [6.45, 7) is 4.38. The largest absolute Gasteiger partial charge is 0.544 e. The van der Waals surface area contributed by atoms with Gasteiger partial charge in [-0.3, -0.25) is 9.59 Å². The maximum absolute atomic E-state index is 12.8. The molecule has 2 unspecified atom stereocenters. The molecule has 0 aliphatic heterocycles. The Hall–Kier alpha value is -4.01. The van der Waals surface area contributed by atoms with E-state index in [1.165, 1.54) is 70.6 Å². The van der Waals surface area contributed by atoms with E-state index in [1.54, 1.807) is 21.1 Å². The van der Waals surface area contributed by atoms with Crippen molar-refractivity contribution in [3.63, 3.8) is 0 Å². The Labute approximate surface area is 410 Å². The predicted molar refractivity (Wildman–Crippen MR) is 281 cm³/mol. The molecule has 380 valence electrons. The molecule has 2 atom stereocenters. The summed E-state index contributed by atoms with van der Waals surface area (Å²) >= 11 is 0. The van der Waals surface area contributed by atoms with Gasteiger partial charge in [-0.05, 0) is 89.9 Å². The van der Waals surface area contributed by atoms with E-state index in [9.17, 15) is 19.5 Å². The molecule has 0 aromatic heterocycles. The summed E-state index contributed by atoms with van der Waals surface area (Å²) in [5, 5.41) is 11.7. The quantitative estimate of drug-likeness (QED) is 0.0259. The second-order valence-electron chi connectivity index (χ2n) is 18.3. The Morgan fingerprint density at radius 2 is 0.806 bits per heavy atom. The Bertz CT molecular complexity index is 1460. The second kappa shape index (κ2) is 48.4. The van der Waals surface area contributed by atoms with Crippen molar-refractivity contribution >= 4 is 17.9 Å². The molecule has 67 heavy (non-hydrogen) atoms. The zero-order valence-electron chi connectivity index (χ0n) is 43.3. The molecule has 0 bridgehead atoms. The van der Waals surface area contributed by atoms with Gasteiger partial charge in [-0.25, -0.2) is 0 Å². The van der Waals surface area contributed by atoms with Crippen LogP contribution in [0.25, 0.3) is 0 Å². The summed E-state index contributed by atoms with van der Waals surface area (Å²) in [5.74, 6) is -1.82. The Balaban J connectivity index is 4.31. The van der Waals surface area contributed by atoms with E-state index in [0.717, 1.165) is 83.5 Å². The summed E-state index contributed by atoms with van der Waals surface area (Å²) in [6, 6.07) is -0.743. The van der Waals surface area contributed by atoms with E-state index in [0.29, 0.717) is 12.8 Å². The molecule has 0 saturated carbocycles. The van der Waals surface area contributed by atoms with Gasteiger partial charge in [0.15, 0.2) is 6.10 Å². The van der Waals surface area contributed by atoms with Crippen LogP contribution in [0.2, 0.25) is 0 Å². The van der Waals surface area contributed by atoms with E-state index in [-0.39, 0.29) is 49.1 Å². The van der Waals surface area contributed by atoms with Gasteiger partial charge in [0.1, 0.15) is 12.6 Å². The monoisotopic (exact) mass is 932 g/mol. The van der Waals surface area contributed by atoms with E-state index < -0.39 is 18.1 Å². The van der Waals surface area contributed by atoms with Gasteiger partial charge >= 0.3 is 11.9 Å². The minimum atomic E-state index is -1.14. The number of allylic oxidation sites excluding steroid dienone is 18. The SMILES string of the molecule is CC/C=C/C/C=C/C/C=C/C/C=C/C/C=C/C/C=C/CCCC(=O)OC(COCCC(C(=O)[O-])[N+](C)(C)C)COC(=O)CCCCCCCCCCCCCCC/C=C/C/C=C/C/C=C/CC. The summed E-state index contributed by atoms with van der Waals surface area (Å²) in [4.78, 5) is 37.1. The maximum atomic E-state index is 12.8. The standard InChI is InChI=1S/C59H97NO7/c1-6-8-10-12-14-16-18-20-22-24-26-28-29-30-32-33-35-37-39-41-43-45-47-49-57(61)66-54-55(53-65-52-51-56(59(63)64)60(3,4)5)67-58(62)50-48-46-44-42-40-38-36-34-31-27-25-23-21-19-17-15-13-11-9-7-2/h8-11,14-17,20-23,27,31,36,38,42,44,55-56H,6-7,12-13,18-19,24-26,28-30,32-35,37,39-41,43,45-54H2,1-5H3/b10-8+,11-9+,16-14+,17-15+,22-20+,23-21+,31-27+,38-36+,44-42+. The number of carboxylic acids is 1. The number of likely N-dealkylation sites (N-methyl/N-ethyl adjacent to an activating group) is 1. The molecule has 0 aromatic rings. The zero-order chi connectivity index (χ0) is 49.2. The summed E-state index contributed by atoms with van der Waals surface area (Å²) in [6.07, 6.45) is 67.0. The van der Waals surface area contributed by atoms with Crippen LogP contribution in [-0.2, 0) is 28.6 Å². The van der Waals surface area contributed by atoms with E-state index >= 15 is 0 Å². The zero-order valence-corrected chi connectivity index (χ0v) is 43.3. The van der Waals surface area contributed by atoms with Crippen molar-refractivity contribution in [2.45, 2.75) is 206 Å². The fraction of sp³-hybridized carbons (Fsp3) is 0.644. The highest BCUT2D eigenvalue weighted by Gasteiger charge is 2.25. The van der Waals surface area contributed by atoms with Crippen LogP contribution in [-0.4, -0.2) is 75.5 Å². The third-order valence-corrected chi connectivity index (χ3v) is 11.2. The summed E-state index contributed by atoms with van der Waals surface area (Å²) in [7, 11) is 5.39. The Morgan fingerprint density at radius 3 is 1.21 bits per heavy atom. The van der Waals surface area contributed by atoms with Crippen LogP contribution >= 0.6 is 0 Å². The van der Waals surface area contributed by atoms with E-state index in [2.05, 4.69) is 123 Å². The van der Waals surface area contributed by atoms with Gasteiger partial charge in [-0.15, -0.1) is 0 Å². The van der Waals surface area contributed by atoms with Gasteiger partial charge in [0.2, 0.25) is 0 Å². The van der Waals surface area contributed by atoms with Crippen molar-refractivity contribution in [1.29, 1.82) is 0 Å². The lowest BCUT2D eigenvalue weighted by atomic mass is 10.0. The number of unbranched alkanes of at least 4 members (excludes halogenated alkanes) is 14. The number of ether oxygens (including phenoxy) is 3. The fourth-order valence-corrected chi connectivity index (χ4v) is 7.16. The molecule has 0 radical (unpaired) electrons. The number of nitrogens with zero attached hydrogens (tertiary/aromatic N) is 1.